The van der Waals surface area contributed by atoms with E-state index < -0.39 is 0 Å². The van der Waals surface area contributed by atoms with Crippen molar-refractivity contribution >= 4 is 63.7 Å². The van der Waals surface area contributed by atoms with E-state index in [0.29, 0.717) is 0 Å². The summed E-state index contributed by atoms with van der Waals surface area (Å²) in [7, 11) is 0. The molecule has 0 aliphatic heterocycles. The predicted molar refractivity (Wildman–Crippen MR) is 105 cm³/mol. The minimum atomic E-state index is -0.0858. The van der Waals surface area contributed by atoms with Crippen LogP contribution in [0.4, 0.5) is 0 Å². The minimum Gasteiger partial charge on any atom is -0.0517 e. The summed E-state index contributed by atoms with van der Waals surface area (Å²) >= 11 is 14.6. The molecule has 0 bridgehead atoms. The van der Waals surface area contributed by atoms with Crippen LogP contribution in [0.5, 0.6) is 0 Å². The monoisotopic (exact) mass is 536 g/mol. The van der Waals surface area contributed by atoms with Gasteiger partial charge in [0.05, 0.1) is 0 Å². The average molecular weight is 540 g/mol. The van der Waals surface area contributed by atoms with Crippen molar-refractivity contribution in [1.29, 1.82) is 0 Å². The topological polar surface area (TPSA) is 0 Å². The summed E-state index contributed by atoms with van der Waals surface area (Å²) in [6.07, 6.45) is 0. The van der Waals surface area contributed by atoms with Crippen LogP contribution in [0, 0.1) is 13.8 Å². The van der Waals surface area contributed by atoms with E-state index in [-0.39, 0.29) is 5.41 Å². The van der Waals surface area contributed by atoms with Gasteiger partial charge in [0.25, 0.3) is 0 Å². The average Bonchev–Trinajstić information content (AvgIpc) is 2.40. The number of halogens is 4. The van der Waals surface area contributed by atoms with Gasteiger partial charge in [-0.1, -0.05) is 77.6 Å². The first-order chi connectivity index (χ1) is 9.64. The van der Waals surface area contributed by atoms with Crippen molar-refractivity contribution in [3.8, 4) is 0 Å². The summed E-state index contributed by atoms with van der Waals surface area (Å²) in [5, 5.41) is 0. The molecule has 2 aromatic carbocycles. The summed E-state index contributed by atoms with van der Waals surface area (Å²) in [5.74, 6) is 0. The first kappa shape index (κ1) is 17.7. The molecule has 0 heterocycles. The molecule has 2 aromatic rings. The van der Waals surface area contributed by atoms with Crippen molar-refractivity contribution in [3.05, 3.63) is 64.4 Å². The Balaban J connectivity index is 2.61. The van der Waals surface area contributed by atoms with Crippen molar-refractivity contribution in [2.75, 3.05) is 0 Å². The van der Waals surface area contributed by atoms with E-state index in [4.69, 9.17) is 0 Å². The maximum absolute atomic E-state index is 3.65. The normalized spacial score (nSPS) is 11.8. The number of hydrogen-bond acceptors (Lipinski definition) is 0. The van der Waals surface area contributed by atoms with Gasteiger partial charge in [0.15, 0.2) is 0 Å². The first-order valence-corrected chi connectivity index (χ1v) is 9.74. The molecule has 0 unspecified atom stereocenters. The van der Waals surface area contributed by atoms with Crippen LogP contribution in [-0.2, 0) is 5.41 Å². The number of rotatable bonds is 2. The lowest BCUT2D eigenvalue weighted by molar-refractivity contribution is 0.638. The van der Waals surface area contributed by atoms with Crippen LogP contribution < -0.4 is 0 Å². The van der Waals surface area contributed by atoms with E-state index in [9.17, 15) is 0 Å². The summed E-state index contributed by atoms with van der Waals surface area (Å²) in [5.41, 5.74) is 4.91. The van der Waals surface area contributed by atoms with Gasteiger partial charge in [0.1, 0.15) is 0 Å². The second-order valence-electron chi connectivity index (χ2n) is 5.75. The zero-order valence-electron chi connectivity index (χ0n) is 12.3. The Morgan fingerprint density at radius 2 is 0.857 bits per heavy atom. The molecule has 21 heavy (non-hydrogen) atoms. The van der Waals surface area contributed by atoms with Crippen molar-refractivity contribution in [1.82, 2.24) is 0 Å². The second-order valence-corrected chi connectivity index (χ2v) is 9.17. The lowest BCUT2D eigenvalue weighted by atomic mass is 9.78. The van der Waals surface area contributed by atoms with E-state index in [2.05, 4.69) is 116 Å². The summed E-state index contributed by atoms with van der Waals surface area (Å²) in [6.45, 7) is 8.70. The molecule has 0 aromatic heterocycles. The highest BCUT2D eigenvalue weighted by molar-refractivity contribution is 9.11. The highest BCUT2D eigenvalue weighted by atomic mass is 79.9. The van der Waals surface area contributed by atoms with Crippen LogP contribution >= 0.6 is 63.7 Å². The molecular weight excluding hydrogens is 524 g/mol. The van der Waals surface area contributed by atoms with Crippen LogP contribution in [0.3, 0.4) is 0 Å². The molecule has 0 saturated carbocycles. The Kier molecular flexibility index (Phi) is 5.45. The van der Waals surface area contributed by atoms with Gasteiger partial charge in [-0.2, -0.15) is 0 Å². The van der Waals surface area contributed by atoms with Gasteiger partial charge in [-0.3, -0.25) is 0 Å². The standard InChI is InChI=1S/C17H16Br4/c1-9-13(18)5-11(6-14(9)19)17(3,4)12-7-15(20)10(2)16(21)8-12/h5-8H,1-4H3. The summed E-state index contributed by atoms with van der Waals surface area (Å²) < 4.78 is 4.52. The summed E-state index contributed by atoms with van der Waals surface area (Å²) in [6, 6.07) is 8.84. The molecule has 0 amide bonds. The summed E-state index contributed by atoms with van der Waals surface area (Å²) in [4.78, 5) is 0. The molecule has 0 radical (unpaired) electrons. The van der Waals surface area contributed by atoms with Crippen molar-refractivity contribution in [3.63, 3.8) is 0 Å². The molecule has 0 nitrogen and oxygen atoms in total. The Morgan fingerprint density at radius 3 is 1.10 bits per heavy atom. The van der Waals surface area contributed by atoms with E-state index in [1.54, 1.807) is 0 Å². The fraction of sp³-hybridized carbons (Fsp3) is 0.294. The molecule has 0 aliphatic carbocycles. The molecule has 112 valence electrons. The molecule has 0 spiro atoms. The Morgan fingerprint density at radius 1 is 0.619 bits per heavy atom. The minimum absolute atomic E-state index is 0.0858. The van der Waals surface area contributed by atoms with Crippen molar-refractivity contribution in [2.24, 2.45) is 0 Å². The number of hydrogen-bond donors (Lipinski definition) is 0. The quantitative estimate of drug-likeness (QED) is 0.367. The van der Waals surface area contributed by atoms with Crippen LogP contribution in [0.25, 0.3) is 0 Å². The third-order valence-electron chi connectivity index (χ3n) is 4.01. The Labute approximate surface area is 160 Å². The molecule has 0 atom stereocenters. The third-order valence-corrected chi connectivity index (χ3v) is 7.30. The Bertz CT molecular complexity index is 596. The van der Waals surface area contributed by atoms with Crippen LogP contribution in [0.15, 0.2) is 42.2 Å². The molecule has 0 saturated heterocycles. The lowest BCUT2D eigenvalue weighted by Crippen LogP contribution is -2.19. The molecule has 2 rings (SSSR count). The van der Waals surface area contributed by atoms with E-state index >= 15 is 0 Å². The maximum atomic E-state index is 3.65. The van der Waals surface area contributed by atoms with Crippen LogP contribution in [0.2, 0.25) is 0 Å². The van der Waals surface area contributed by atoms with Gasteiger partial charge in [-0.05, 0) is 60.4 Å². The smallest absolute Gasteiger partial charge is 0.0218 e. The zero-order valence-corrected chi connectivity index (χ0v) is 18.7. The highest BCUT2D eigenvalue weighted by Gasteiger charge is 2.25. The maximum Gasteiger partial charge on any atom is 0.0218 e. The van der Waals surface area contributed by atoms with Gasteiger partial charge >= 0.3 is 0 Å². The second kappa shape index (κ2) is 6.46. The molecule has 0 fully saturated rings. The number of benzene rings is 2. The van der Waals surface area contributed by atoms with Gasteiger partial charge < -0.3 is 0 Å². The zero-order chi connectivity index (χ0) is 15.9. The molecule has 0 N–H and O–H groups in total. The van der Waals surface area contributed by atoms with Gasteiger partial charge in [0, 0.05) is 23.3 Å². The van der Waals surface area contributed by atoms with Crippen molar-refractivity contribution in [2.45, 2.75) is 33.1 Å². The van der Waals surface area contributed by atoms with E-state index in [0.717, 1.165) is 17.9 Å². The molecule has 4 heteroatoms. The molecular formula is C17H16Br4. The molecule has 0 aliphatic rings. The van der Waals surface area contributed by atoms with Gasteiger partial charge in [0.2, 0.25) is 0 Å². The predicted octanol–water partition coefficient (Wildman–Crippen LogP) is 7.68. The Hall–Kier alpha value is 0.360. The fourth-order valence-corrected chi connectivity index (χ4v) is 4.55. The van der Waals surface area contributed by atoms with E-state index in [1.807, 2.05) is 0 Å². The highest BCUT2D eigenvalue weighted by Crippen LogP contribution is 2.39. The van der Waals surface area contributed by atoms with Crippen molar-refractivity contribution < 1.29 is 0 Å². The van der Waals surface area contributed by atoms with E-state index in [1.165, 1.54) is 22.3 Å². The van der Waals surface area contributed by atoms with Gasteiger partial charge in [-0.25, -0.2) is 0 Å². The van der Waals surface area contributed by atoms with Gasteiger partial charge in [-0.15, -0.1) is 0 Å². The van der Waals surface area contributed by atoms with Crippen LogP contribution in [0.1, 0.15) is 36.1 Å². The third kappa shape index (κ3) is 3.49. The first-order valence-electron chi connectivity index (χ1n) is 6.57. The van der Waals surface area contributed by atoms with Crippen LogP contribution in [-0.4, -0.2) is 0 Å². The fourth-order valence-electron chi connectivity index (χ4n) is 2.18. The SMILES string of the molecule is Cc1c(Br)cc(C(C)(C)c2cc(Br)c(C)c(Br)c2)cc1Br. The largest absolute Gasteiger partial charge is 0.0517 e. The lowest BCUT2D eigenvalue weighted by Gasteiger charge is -2.28.